The molecule has 3 saturated carbocycles. The van der Waals surface area contributed by atoms with Gasteiger partial charge in [0.1, 0.15) is 0 Å². The van der Waals surface area contributed by atoms with Gasteiger partial charge in [0.25, 0.3) is 0 Å². The molecule has 7 atom stereocenters. The third-order valence-electron chi connectivity index (χ3n) is 11.0. The lowest BCUT2D eigenvalue weighted by molar-refractivity contribution is -0.176. The van der Waals surface area contributed by atoms with E-state index in [1.807, 2.05) is 49.4 Å². The van der Waals surface area contributed by atoms with E-state index in [9.17, 15) is 19.5 Å². The van der Waals surface area contributed by atoms with E-state index in [2.05, 4.69) is 6.92 Å². The van der Waals surface area contributed by atoms with Crippen LogP contribution in [0, 0.1) is 28.6 Å². The number of furan rings is 1. The normalized spacial score (nSPS) is 34.7. The van der Waals surface area contributed by atoms with Crippen LogP contribution < -0.4 is 0 Å². The molecule has 5 unspecified atom stereocenters. The predicted octanol–water partition coefficient (Wildman–Crippen LogP) is 6.36. The monoisotopic (exact) mass is 597 g/mol. The van der Waals surface area contributed by atoms with Crippen LogP contribution in [0.4, 0.5) is 0 Å². The molecule has 0 radical (unpaired) electrons. The summed E-state index contributed by atoms with van der Waals surface area (Å²) < 4.78 is 11.7. The van der Waals surface area contributed by atoms with Crippen LogP contribution in [-0.2, 0) is 14.3 Å². The van der Waals surface area contributed by atoms with Crippen LogP contribution in [0.2, 0.25) is 0 Å². The number of ketones is 2. The zero-order valence-corrected chi connectivity index (χ0v) is 25.1. The Kier molecular flexibility index (Phi) is 6.78. The molecule has 0 saturated heterocycles. The van der Waals surface area contributed by atoms with Crippen molar-refractivity contribution in [2.45, 2.75) is 62.7 Å². The number of hydrogen-bond donors (Lipinski definition) is 1. The summed E-state index contributed by atoms with van der Waals surface area (Å²) >= 11 is 1.34. The van der Waals surface area contributed by atoms with Gasteiger partial charge in [-0.1, -0.05) is 61.5 Å². The number of benzene rings is 1. The first kappa shape index (κ1) is 28.3. The molecule has 2 aromatic heterocycles. The largest absolute Gasteiger partial charge is 0.457 e. The molecule has 0 spiro atoms. The van der Waals surface area contributed by atoms with E-state index in [0.29, 0.717) is 19.3 Å². The Bertz CT molecular complexity index is 1680. The van der Waals surface area contributed by atoms with Crippen LogP contribution in [0.5, 0.6) is 0 Å². The second-order valence-corrected chi connectivity index (χ2v) is 14.0. The summed E-state index contributed by atoms with van der Waals surface area (Å²) in [5.74, 6) is -0.627. The molecule has 8 heteroatoms. The number of esters is 1. The topological polar surface area (TPSA) is 107 Å². The third kappa shape index (κ3) is 4.36. The number of allylic oxidation sites excluding steroid dienone is 4. The van der Waals surface area contributed by atoms with E-state index in [4.69, 9.17) is 14.1 Å². The van der Waals surface area contributed by atoms with Crippen LogP contribution in [0.3, 0.4) is 0 Å². The molecule has 7 rings (SSSR count). The molecule has 4 aliphatic carbocycles. The van der Waals surface area contributed by atoms with Crippen molar-refractivity contribution in [3.8, 4) is 0 Å². The average Bonchev–Trinajstić information content (AvgIpc) is 3.63. The second-order valence-electron chi connectivity index (χ2n) is 13.0. The summed E-state index contributed by atoms with van der Waals surface area (Å²) in [6.07, 6.45) is 9.01. The number of aromatic nitrogens is 1. The third-order valence-corrected chi connectivity index (χ3v) is 11.9. The fourth-order valence-corrected chi connectivity index (χ4v) is 9.82. The van der Waals surface area contributed by atoms with Gasteiger partial charge < -0.3 is 14.3 Å². The fraction of sp³-hybridized carbons (Fsp3) is 0.429. The van der Waals surface area contributed by atoms with Crippen molar-refractivity contribution in [2.24, 2.45) is 28.6 Å². The summed E-state index contributed by atoms with van der Waals surface area (Å²) in [5, 5.41) is 13.6. The number of hydrogen-bond acceptors (Lipinski definition) is 8. The Hall–Kier alpha value is -3.49. The van der Waals surface area contributed by atoms with Gasteiger partial charge in [-0.2, -0.15) is 0 Å². The summed E-state index contributed by atoms with van der Waals surface area (Å²) in [6, 6.07) is 14.9. The number of pyridine rings is 1. The molecule has 3 aromatic rings. The van der Waals surface area contributed by atoms with Gasteiger partial charge in [-0.3, -0.25) is 9.59 Å². The van der Waals surface area contributed by atoms with E-state index in [0.717, 1.165) is 34.3 Å². The molecule has 43 heavy (non-hydrogen) atoms. The molecule has 7 nitrogen and oxygen atoms in total. The SMILES string of the molecule is CC12C=CC(=O)C=C1CCC1C2[C@@H](O)CC2(C)C1CC[C@]2(OC(=O)c1ccco1)C(=O)CSc1ccc2ccccc2n1. The highest BCUT2D eigenvalue weighted by Gasteiger charge is 2.70. The van der Waals surface area contributed by atoms with Crippen molar-refractivity contribution < 1.29 is 28.6 Å². The first-order valence-electron chi connectivity index (χ1n) is 15.1. The van der Waals surface area contributed by atoms with Gasteiger partial charge in [-0.05, 0) is 80.4 Å². The second kappa shape index (κ2) is 10.3. The minimum atomic E-state index is -1.42. The number of thioether (sulfide) groups is 1. The number of carbonyl (C=O) groups excluding carboxylic acids is 3. The molecule has 3 fully saturated rings. The Morgan fingerprint density at radius 2 is 1.95 bits per heavy atom. The van der Waals surface area contributed by atoms with Crippen molar-refractivity contribution in [3.05, 3.63) is 84.4 Å². The minimum Gasteiger partial charge on any atom is -0.457 e. The Labute approximate surface area is 254 Å². The highest BCUT2D eigenvalue weighted by molar-refractivity contribution is 7.99. The van der Waals surface area contributed by atoms with Crippen molar-refractivity contribution in [3.63, 3.8) is 0 Å². The van der Waals surface area contributed by atoms with E-state index >= 15 is 0 Å². The minimum absolute atomic E-state index is 0.00483. The molecular formula is C35H35NO6S. The lowest BCUT2D eigenvalue weighted by atomic mass is 9.46. The van der Waals surface area contributed by atoms with Gasteiger partial charge in [0.2, 0.25) is 5.76 Å². The number of fused-ring (bicyclic) bond motifs is 6. The Morgan fingerprint density at radius 3 is 2.77 bits per heavy atom. The zero-order valence-electron chi connectivity index (χ0n) is 24.3. The molecular weight excluding hydrogens is 562 g/mol. The number of nitrogens with zero attached hydrogens (tertiary/aromatic N) is 1. The first-order valence-corrected chi connectivity index (χ1v) is 16.0. The Balaban J connectivity index is 1.22. The molecule has 1 N–H and O–H groups in total. The van der Waals surface area contributed by atoms with Crippen molar-refractivity contribution in [1.82, 2.24) is 4.98 Å². The summed E-state index contributed by atoms with van der Waals surface area (Å²) in [5.41, 5.74) is -0.698. The summed E-state index contributed by atoms with van der Waals surface area (Å²) in [4.78, 5) is 44.8. The molecule has 1 aromatic carbocycles. The maximum absolute atomic E-state index is 14.5. The smallest absolute Gasteiger partial charge is 0.375 e. The predicted molar refractivity (Wildman–Crippen MR) is 162 cm³/mol. The number of aliphatic hydroxyl groups excluding tert-OH is 1. The van der Waals surface area contributed by atoms with Crippen molar-refractivity contribution in [1.29, 1.82) is 0 Å². The van der Waals surface area contributed by atoms with Gasteiger partial charge in [0.05, 0.1) is 28.7 Å². The molecule has 0 amide bonds. The highest BCUT2D eigenvalue weighted by atomic mass is 32.2. The number of rotatable bonds is 6. The average molecular weight is 598 g/mol. The zero-order chi connectivity index (χ0) is 30.0. The van der Waals surface area contributed by atoms with Crippen LogP contribution >= 0.6 is 11.8 Å². The number of para-hydroxylation sites is 1. The van der Waals surface area contributed by atoms with Crippen LogP contribution in [0.15, 0.2) is 88.0 Å². The summed E-state index contributed by atoms with van der Waals surface area (Å²) in [6.45, 7) is 4.16. The van der Waals surface area contributed by atoms with E-state index in [-0.39, 0.29) is 40.8 Å². The van der Waals surface area contributed by atoms with Crippen LogP contribution in [-0.4, -0.2) is 45.1 Å². The summed E-state index contributed by atoms with van der Waals surface area (Å²) in [7, 11) is 0. The number of carbonyl (C=O) groups is 3. The van der Waals surface area contributed by atoms with Crippen molar-refractivity contribution >= 4 is 40.2 Å². The van der Waals surface area contributed by atoms with E-state index in [1.54, 1.807) is 24.3 Å². The quantitative estimate of drug-likeness (QED) is 0.258. The lowest BCUT2D eigenvalue weighted by Gasteiger charge is -2.59. The molecule has 0 bridgehead atoms. The van der Waals surface area contributed by atoms with Crippen LogP contribution in [0.1, 0.15) is 56.5 Å². The van der Waals surface area contributed by atoms with Gasteiger partial charge >= 0.3 is 5.97 Å². The van der Waals surface area contributed by atoms with Gasteiger partial charge in [-0.25, -0.2) is 9.78 Å². The first-order chi connectivity index (χ1) is 20.6. The molecule has 0 aliphatic heterocycles. The number of ether oxygens (including phenoxy) is 1. The van der Waals surface area contributed by atoms with E-state index < -0.39 is 28.5 Å². The number of aliphatic hydroxyl groups is 1. The molecule has 4 aliphatic rings. The maximum Gasteiger partial charge on any atom is 0.375 e. The molecule has 2 heterocycles. The molecule has 222 valence electrons. The fourth-order valence-electron chi connectivity index (χ4n) is 8.98. The van der Waals surface area contributed by atoms with Gasteiger partial charge in [-0.15, -0.1) is 0 Å². The van der Waals surface area contributed by atoms with Gasteiger partial charge in [0.15, 0.2) is 17.2 Å². The highest BCUT2D eigenvalue weighted by Crippen LogP contribution is 2.68. The van der Waals surface area contributed by atoms with Gasteiger partial charge in [0, 0.05) is 22.1 Å². The maximum atomic E-state index is 14.5. The van der Waals surface area contributed by atoms with Crippen LogP contribution in [0.25, 0.3) is 10.9 Å². The van der Waals surface area contributed by atoms with E-state index in [1.165, 1.54) is 18.0 Å². The lowest BCUT2D eigenvalue weighted by Crippen LogP contribution is -2.62. The standard InChI is InChI=1S/C35H35NO6S/c1-33-15-13-23(37)18-22(33)10-11-24-25-14-16-35(34(25,2)19-27(38)31(24)33,42-32(40)28-8-5-17-41-28)29(39)20-43-30-12-9-21-6-3-4-7-26(21)36-30/h3-9,12-13,15,17-18,24-25,27,31,38H,10-11,14,16,19-20H2,1-2H3/t24?,25?,27-,31?,33?,34?,35-/m0/s1. The van der Waals surface area contributed by atoms with Crippen molar-refractivity contribution in [2.75, 3.05) is 5.75 Å². The Morgan fingerprint density at radius 1 is 1.12 bits per heavy atom. The number of Topliss-reactive ketones (excluding diaryl/α,β-unsaturated/α-hetero) is 1.